The molecule has 0 aromatic heterocycles. The largest absolute Gasteiger partial charge is 0.504 e. The van der Waals surface area contributed by atoms with Gasteiger partial charge in [-0.25, -0.2) is 4.79 Å². The molecule has 172 valence electrons. The Labute approximate surface area is 179 Å². The van der Waals surface area contributed by atoms with Crippen LogP contribution in [0.25, 0.3) is 0 Å². The van der Waals surface area contributed by atoms with Crippen LogP contribution in [0.1, 0.15) is 107 Å². The molecule has 0 saturated carbocycles. The van der Waals surface area contributed by atoms with Crippen molar-refractivity contribution < 1.29 is 30.0 Å². The van der Waals surface area contributed by atoms with Crippen LogP contribution in [0.4, 0.5) is 0 Å². The smallest absolute Gasteiger partial charge is 0.335 e. The summed E-state index contributed by atoms with van der Waals surface area (Å²) >= 11 is 0. The maximum absolute atomic E-state index is 10.5. The molecular weight excluding hydrogens is 386 g/mol. The molecule has 1 amide bonds. The van der Waals surface area contributed by atoms with E-state index < -0.39 is 23.2 Å². The van der Waals surface area contributed by atoms with Crippen molar-refractivity contribution in [2.24, 2.45) is 5.73 Å². The number of carbonyl (C=O) groups excluding carboxylic acids is 1. The first-order chi connectivity index (χ1) is 14.3. The van der Waals surface area contributed by atoms with Crippen molar-refractivity contribution in [1.29, 1.82) is 0 Å². The predicted molar refractivity (Wildman–Crippen MR) is 118 cm³/mol. The third-order valence-electron chi connectivity index (χ3n) is 4.84. The van der Waals surface area contributed by atoms with Gasteiger partial charge in [-0.1, -0.05) is 84.0 Å². The van der Waals surface area contributed by atoms with Crippen molar-refractivity contribution in [2.45, 2.75) is 96.8 Å². The van der Waals surface area contributed by atoms with Gasteiger partial charge in [-0.05, 0) is 18.6 Å². The molecule has 0 aliphatic carbocycles. The maximum Gasteiger partial charge on any atom is 0.335 e. The highest BCUT2D eigenvalue weighted by Gasteiger charge is 2.11. The lowest BCUT2D eigenvalue weighted by Crippen LogP contribution is -2.09. The molecule has 0 unspecified atom stereocenters. The molecule has 7 nitrogen and oxygen atoms in total. The molecular formula is C23H39NO6. The van der Waals surface area contributed by atoms with Gasteiger partial charge in [0.2, 0.25) is 5.91 Å². The lowest BCUT2D eigenvalue weighted by Gasteiger charge is -2.02. The first kappa shape index (κ1) is 27.6. The Morgan fingerprint density at radius 2 is 1.10 bits per heavy atom. The minimum absolute atomic E-state index is 0.155. The number of carbonyl (C=O) groups is 2. The van der Waals surface area contributed by atoms with Crippen LogP contribution >= 0.6 is 0 Å². The lowest BCUT2D eigenvalue weighted by atomic mass is 10.0. The number of benzene rings is 1. The Kier molecular flexibility index (Phi) is 16.0. The van der Waals surface area contributed by atoms with E-state index in [0.29, 0.717) is 6.42 Å². The number of carboxylic acid groups (broad SMARTS) is 1. The number of phenols is 3. The van der Waals surface area contributed by atoms with E-state index in [9.17, 15) is 9.59 Å². The van der Waals surface area contributed by atoms with Gasteiger partial charge in [0.05, 0.1) is 5.56 Å². The standard InChI is InChI=1S/C16H33NO.C7H6O5/c1-2-3-4-5-6-7-8-9-10-11-12-13-14-15-16(17)18;8-4-1-3(7(11)12)2-5(9)6(4)10/h2-15H2,1H3,(H2,17,18);1-2,8-10H,(H,11,12). The van der Waals surface area contributed by atoms with Gasteiger partial charge in [0.25, 0.3) is 0 Å². The summed E-state index contributed by atoms with van der Waals surface area (Å²) in [7, 11) is 0. The molecule has 30 heavy (non-hydrogen) atoms. The predicted octanol–water partition coefficient (Wildman–Crippen LogP) is 5.45. The number of amides is 1. The van der Waals surface area contributed by atoms with Gasteiger partial charge >= 0.3 is 5.97 Å². The summed E-state index contributed by atoms with van der Waals surface area (Å²) in [4.78, 5) is 20.8. The summed E-state index contributed by atoms with van der Waals surface area (Å²) in [5.41, 5.74) is 4.80. The van der Waals surface area contributed by atoms with Gasteiger partial charge in [-0.15, -0.1) is 0 Å². The average Bonchev–Trinajstić information content (AvgIpc) is 2.69. The van der Waals surface area contributed by atoms with Gasteiger partial charge in [0.15, 0.2) is 17.2 Å². The van der Waals surface area contributed by atoms with Crippen LogP contribution in [0.2, 0.25) is 0 Å². The normalized spacial score (nSPS) is 10.3. The van der Waals surface area contributed by atoms with E-state index in [0.717, 1.165) is 18.6 Å². The van der Waals surface area contributed by atoms with Crippen molar-refractivity contribution in [3.05, 3.63) is 17.7 Å². The molecule has 1 aromatic rings. The number of aromatic carboxylic acids is 1. The number of unbranched alkanes of at least 4 members (excludes halogenated alkanes) is 12. The van der Waals surface area contributed by atoms with Crippen LogP contribution < -0.4 is 5.73 Å². The van der Waals surface area contributed by atoms with Crippen molar-refractivity contribution in [3.63, 3.8) is 0 Å². The molecule has 6 N–H and O–H groups in total. The number of primary amides is 1. The van der Waals surface area contributed by atoms with Crippen molar-refractivity contribution in [2.75, 3.05) is 0 Å². The zero-order valence-electron chi connectivity index (χ0n) is 18.2. The SMILES string of the molecule is CCCCCCCCCCCCCCCC(N)=O.O=C(O)c1cc(O)c(O)c(O)c1. The van der Waals surface area contributed by atoms with Crippen molar-refractivity contribution in [3.8, 4) is 17.2 Å². The summed E-state index contributed by atoms with van der Waals surface area (Å²) in [5.74, 6) is -3.49. The summed E-state index contributed by atoms with van der Waals surface area (Å²) in [6.07, 6.45) is 17.9. The van der Waals surface area contributed by atoms with Crippen molar-refractivity contribution in [1.82, 2.24) is 0 Å². The van der Waals surface area contributed by atoms with Crippen LogP contribution in [0.15, 0.2) is 12.1 Å². The Morgan fingerprint density at radius 1 is 0.733 bits per heavy atom. The van der Waals surface area contributed by atoms with E-state index >= 15 is 0 Å². The first-order valence-electron chi connectivity index (χ1n) is 11.1. The third-order valence-corrected chi connectivity index (χ3v) is 4.84. The first-order valence-corrected chi connectivity index (χ1v) is 11.1. The topological polar surface area (TPSA) is 141 Å². The van der Waals surface area contributed by atoms with Gasteiger partial charge in [0, 0.05) is 6.42 Å². The highest BCUT2D eigenvalue weighted by atomic mass is 16.4. The number of hydrogen-bond acceptors (Lipinski definition) is 5. The summed E-state index contributed by atoms with van der Waals surface area (Å²) < 4.78 is 0. The summed E-state index contributed by atoms with van der Waals surface area (Å²) in [6, 6.07) is 1.69. The average molecular weight is 426 g/mol. The Balaban J connectivity index is 0.000000604. The van der Waals surface area contributed by atoms with Crippen LogP contribution in [0, 0.1) is 0 Å². The lowest BCUT2D eigenvalue weighted by molar-refractivity contribution is -0.118. The van der Waals surface area contributed by atoms with Gasteiger partial charge in [-0.2, -0.15) is 0 Å². The molecule has 7 heteroatoms. The number of nitrogens with two attached hydrogens (primary N) is 1. The van der Waals surface area contributed by atoms with Gasteiger partial charge in [-0.3, -0.25) is 4.79 Å². The van der Waals surface area contributed by atoms with E-state index in [4.69, 9.17) is 26.2 Å². The molecule has 0 spiro atoms. The molecule has 0 heterocycles. The highest BCUT2D eigenvalue weighted by Crippen LogP contribution is 2.35. The molecule has 0 fully saturated rings. The molecule has 0 atom stereocenters. The zero-order valence-corrected chi connectivity index (χ0v) is 18.2. The second kappa shape index (κ2) is 17.4. The Morgan fingerprint density at radius 3 is 1.43 bits per heavy atom. The molecule has 0 aliphatic rings. The van der Waals surface area contributed by atoms with Crippen LogP contribution in [-0.2, 0) is 4.79 Å². The molecule has 0 bridgehead atoms. The van der Waals surface area contributed by atoms with Crippen LogP contribution in [0.5, 0.6) is 17.2 Å². The second-order valence-electron chi connectivity index (χ2n) is 7.63. The van der Waals surface area contributed by atoms with E-state index in [1.165, 1.54) is 77.0 Å². The van der Waals surface area contributed by atoms with Gasteiger partial charge in [0.1, 0.15) is 0 Å². The number of phenolic OH excluding ortho intramolecular Hbond substituents is 3. The monoisotopic (exact) mass is 425 g/mol. The van der Waals surface area contributed by atoms with Gasteiger partial charge < -0.3 is 26.2 Å². The van der Waals surface area contributed by atoms with Crippen molar-refractivity contribution >= 4 is 11.9 Å². The molecule has 0 radical (unpaired) electrons. The molecule has 0 aliphatic heterocycles. The summed E-state index contributed by atoms with van der Waals surface area (Å²) in [5, 5.41) is 35.0. The number of hydrogen-bond donors (Lipinski definition) is 5. The minimum atomic E-state index is -1.29. The molecule has 1 rings (SSSR count). The van der Waals surface area contributed by atoms with E-state index in [1.807, 2.05) is 0 Å². The van der Waals surface area contributed by atoms with Crippen LogP contribution in [-0.4, -0.2) is 32.3 Å². The van der Waals surface area contributed by atoms with E-state index in [2.05, 4.69) is 6.92 Å². The van der Waals surface area contributed by atoms with Crippen LogP contribution in [0.3, 0.4) is 0 Å². The number of carboxylic acids is 1. The molecule has 0 saturated heterocycles. The number of rotatable bonds is 15. The highest BCUT2D eigenvalue weighted by molar-refractivity contribution is 5.89. The quantitative estimate of drug-likeness (QED) is 0.187. The maximum atomic E-state index is 10.5. The fourth-order valence-electron chi connectivity index (χ4n) is 3.04. The number of aromatic hydroxyl groups is 3. The minimum Gasteiger partial charge on any atom is -0.504 e. The zero-order chi connectivity index (χ0) is 22.8. The van der Waals surface area contributed by atoms with E-state index in [-0.39, 0.29) is 11.5 Å². The Bertz CT molecular complexity index is 595. The third kappa shape index (κ3) is 14.5. The molecule has 1 aromatic carbocycles. The Hall–Kier alpha value is -2.44. The summed E-state index contributed by atoms with van der Waals surface area (Å²) in [6.45, 7) is 2.27. The fourth-order valence-corrected chi connectivity index (χ4v) is 3.04. The van der Waals surface area contributed by atoms with E-state index in [1.54, 1.807) is 0 Å². The second-order valence-corrected chi connectivity index (χ2v) is 7.63. The fraction of sp³-hybridized carbons (Fsp3) is 0.652.